The maximum Gasteiger partial charge on any atom is 0.305 e. The van der Waals surface area contributed by atoms with Crippen LogP contribution in [0.3, 0.4) is 0 Å². The Hall–Kier alpha value is -2.04. The predicted molar refractivity (Wildman–Crippen MR) is 67.4 cm³/mol. The molecule has 0 saturated carbocycles. The van der Waals surface area contributed by atoms with Crippen molar-refractivity contribution in [2.24, 2.45) is 0 Å². The molecule has 1 aliphatic heterocycles. The fraction of sp³-hybridized carbons (Fsp3) is 0.429. The molecule has 0 aliphatic carbocycles. The average Bonchev–Trinajstić information content (AvgIpc) is 2.90. The Morgan fingerprint density at radius 3 is 2.68 bits per heavy atom. The van der Waals surface area contributed by atoms with Crippen LogP contribution in [0.25, 0.3) is 0 Å². The highest BCUT2D eigenvalue weighted by Crippen LogP contribution is 2.32. The van der Waals surface area contributed by atoms with Crippen LogP contribution in [0.2, 0.25) is 0 Å². The second kappa shape index (κ2) is 6.22. The van der Waals surface area contributed by atoms with Gasteiger partial charge in [-0.15, -0.1) is 0 Å². The molecule has 1 aromatic rings. The largest absolute Gasteiger partial charge is 0.469 e. The first-order valence-corrected chi connectivity index (χ1v) is 6.20. The lowest BCUT2D eigenvalue weighted by molar-refractivity contribution is -0.140. The molecule has 0 unspecified atom stereocenters. The van der Waals surface area contributed by atoms with E-state index in [1.54, 1.807) is 18.2 Å². The topological polar surface area (TPSA) is 61.8 Å². The van der Waals surface area contributed by atoms with E-state index in [1.807, 2.05) is 0 Å². The first-order valence-electron chi connectivity index (χ1n) is 6.20. The van der Waals surface area contributed by atoms with E-state index in [4.69, 9.17) is 9.47 Å². The van der Waals surface area contributed by atoms with Gasteiger partial charge in [-0.05, 0) is 31.0 Å². The zero-order valence-electron chi connectivity index (χ0n) is 10.8. The van der Waals surface area contributed by atoms with E-state index in [-0.39, 0.29) is 18.5 Å². The number of fused-ring (bicyclic) bond motifs is 1. The summed E-state index contributed by atoms with van der Waals surface area (Å²) in [4.78, 5) is 22.9. The lowest BCUT2D eigenvalue weighted by Crippen LogP contribution is -2.02. The molecule has 5 nitrogen and oxygen atoms in total. The fourth-order valence-electron chi connectivity index (χ4n) is 1.87. The molecule has 0 saturated heterocycles. The Morgan fingerprint density at radius 1 is 1.16 bits per heavy atom. The van der Waals surface area contributed by atoms with Crippen LogP contribution in [0.5, 0.6) is 11.5 Å². The molecule has 19 heavy (non-hydrogen) atoms. The number of carbonyl (C=O) groups is 2. The number of methoxy groups -OCH3 is 1. The summed E-state index contributed by atoms with van der Waals surface area (Å²) in [5, 5.41) is 0. The van der Waals surface area contributed by atoms with Crippen molar-refractivity contribution in [1.82, 2.24) is 0 Å². The van der Waals surface area contributed by atoms with Gasteiger partial charge in [-0.3, -0.25) is 9.59 Å². The fourth-order valence-corrected chi connectivity index (χ4v) is 1.87. The minimum absolute atomic E-state index is 0.0446. The van der Waals surface area contributed by atoms with Crippen LogP contribution < -0.4 is 9.47 Å². The van der Waals surface area contributed by atoms with Gasteiger partial charge in [-0.2, -0.15) is 0 Å². The Morgan fingerprint density at radius 2 is 1.89 bits per heavy atom. The summed E-state index contributed by atoms with van der Waals surface area (Å²) in [7, 11) is 1.36. The molecule has 0 aromatic heterocycles. The summed E-state index contributed by atoms with van der Waals surface area (Å²) in [6.07, 6.45) is 2.09. The summed E-state index contributed by atoms with van der Waals surface area (Å²) in [6, 6.07) is 5.17. The number of rotatable bonds is 6. The van der Waals surface area contributed by atoms with Crippen molar-refractivity contribution in [3.05, 3.63) is 23.8 Å². The Balaban J connectivity index is 1.82. The van der Waals surface area contributed by atoms with Gasteiger partial charge >= 0.3 is 5.97 Å². The number of hydrogen-bond acceptors (Lipinski definition) is 5. The summed E-state index contributed by atoms with van der Waals surface area (Å²) >= 11 is 0. The molecule has 0 fully saturated rings. The molecule has 0 atom stereocenters. The summed E-state index contributed by atoms with van der Waals surface area (Å²) in [5.41, 5.74) is 0.613. The molecule has 0 N–H and O–H groups in total. The van der Waals surface area contributed by atoms with E-state index >= 15 is 0 Å². The van der Waals surface area contributed by atoms with Gasteiger partial charge in [0.15, 0.2) is 17.3 Å². The molecule has 1 heterocycles. The standard InChI is InChI=1S/C14H16O5/c1-17-14(16)5-3-2-4-11(15)10-6-7-12-13(8-10)19-9-18-12/h6-8H,2-5,9H2,1H3. The molecule has 0 amide bonds. The van der Waals surface area contributed by atoms with Crippen LogP contribution >= 0.6 is 0 Å². The number of esters is 1. The molecular formula is C14H16O5. The average molecular weight is 264 g/mol. The van der Waals surface area contributed by atoms with Crippen LogP contribution in [-0.2, 0) is 9.53 Å². The third-order valence-electron chi connectivity index (χ3n) is 2.96. The Bertz CT molecular complexity index is 481. The molecule has 0 bridgehead atoms. The molecule has 102 valence electrons. The molecule has 0 spiro atoms. The summed E-state index contributed by atoms with van der Waals surface area (Å²) < 4.78 is 14.9. The molecule has 2 rings (SSSR count). The lowest BCUT2D eigenvalue weighted by Gasteiger charge is -2.03. The predicted octanol–water partition coefficient (Wildman–Crippen LogP) is 2.33. The van der Waals surface area contributed by atoms with Crippen molar-refractivity contribution in [2.75, 3.05) is 13.9 Å². The van der Waals surface area contributed by atoms with E-state index < -0.39 is 0 Å². The minimum Gasteiger partial charge on any atom is -0.469 e. The van der Waals surface area contributed by atoms with Crippen LogP contribution in [0.1, 0.15) is 36.0 Å². The minimum atomic E-state index is -0.240. The van der Waals surface area contributed by atoms with Crippen molar-refractivity contribution in [1.29, 1.82) is 0 Å². The second-order valence-electron chi connectivity index (χ2n) is 4.27. The zero-order valence-corrected chi connectivity index (χ0v) is 10.8. The molecule has 1 aromatic carbocycles. The molecule has 0 radical (unpaired) electrons. The number of unbranched alkanes of at least 4 members (excludes halogenated alkanes) is 1. The van der Waals surface area contributed by atoms with Gasteiger partial charge in [-0.1, -0.05) is 0 Å². The summed E-state index contributed by atoms with van der Waals surface area (Å²) in [5.74, 6) is 1.08. The highest BCUT2D eigenvalue weighted by molar-refractivity contribution is 5.96. The number of benzene rings is 1. The normalized spacial score (nSPS) is 12.3. The quantitative estimate of drug-likeness (QED) is 0.448. The second-order valence-corrected chi connectivity index (χ2v) is 4.27. The van der Waals surface area contributed by atoms with Crippen LogP contribution in [0.4, 0.5) is 0 Å². The lowest BCUT2D eigenvalue weighted by atomic mass is 10.0. The zero-order chi connectivity index (χ0) is 13.7. The van der Waals surface area contributed by atoms with Gasteiger partial charge in [-0.25, -0.2) is 0 Å². The van der Waals surface area contributed by atoms with Crippen molar-refractivity contribution < 1.29 is 23.8 Å². The van der Waals surface area contributed by atoms with E-state index in [9.17, 15) is 9.59 Å². The van der Waals surface area contributed by atoms with Crippen LogP contribution in [0.15, 0.2) is 18.2 Å². The van der Waals surface area contributed by atoms with E-state index in [2.05, 4.69) is 4.74 Å². The molecular weight excluding hydrogens is 248 g/mol. The number of ketones is 1. The van der Waals surface area contributed by atoms with E-state index in [0.29, 0.717) is 42.7 Å². The van der Waals surface area contributed by atoms with Gasteiger partial charge in [0.2, 0.25) is 6.79 Å². The van der Waals surface area contributed by atoms with Crippen molar-refractivity contribution in [3.63, 3.8) is 0 Å². The van der Waals surface area contributed by atoms with Crippen molar-refractivity contribution in [2.45, 2.75) is 25.7 Å². The highest BCUT2D eigenvalue weighted by Gasteiger charge is 2.16. The Kier molecular flexibility index (Phi) is 4.39. The number of carbonyl (C=O) groups excluding carboxylic acids is 2. The van der Waals surface area contributed by atoms with E-state index in [0.717, 1.165) is 0 Å². The third-order valence-corrected chi connectivity index (χ3v) is 2.96. The van der Waals surface area contributed by atoms with Gasteiger partial charge in [0.25, 0.3) is 0 Å². The van der Waals surface area contributed by atoms with Gasteiger partial charge in [0.1, 0.15) is 0 Å². The van der Waals surface area contributed by atoms with Crippen LogP contribution in [0, 0.1) is 0 Å². The van der Waals surface area contributed by atoms with E-state index in [1.165, 1.54) is 7.11 Å². The number of Topliss-reactive ketones (excluding diaryl/α,β-unsaturated/α-hetero) is 1. The van der Waals surface area contributed by atoms with Gasteiger partial charge in [0, 0.05) is 18.4 Å². The smallest absolute Gasteiger partial charge is 0.305 e. The molecule has 1 aliphatic rings. The van der Waals surface area contributed by atoms with Gasteiger partial charge < -0.3 is 14.2 Å². The summed E-state index contributed by atoms with van der Waals surface area (Å²) in [6.45, 7) is 0.201. The van der Waals surface area contributed by atoms with Crippen molar-refractivity contribution in [3.8, 4) is 11.5 Å². The Labute approximate surface area is 111 Å². The first kappa shape index (κ1) is 13.4. The third kappa shape index (κ3) is 3.47. The number of hydrogen-bond donors (Lipinski definition) is 0. The highest BCUT2D eigenvalue weighted by atomic mass is 16.7. The maximum absolute atomic E-state index is 11.9. The SMILES string of the molecule is COC(=O)CCCCC(=O)c1ccc2c(c1)OCO2. The number of ether oxygens (including phenoxy) is 3. The maximum atomic E-state index is 11.9. The molecule has 5 heteroatoms. The monoisotopic (exact) mass is 264 g/mol. The van der Waals surface area contributed by atoms with Crippen molar-refractivity contribution >= 4 is 11.8 Å². The first-order chi connectivity index (χ1) is 9.20. The van der Waals surface area contributed by atoms with Crippen LogP contribution in [-0.4, -0.2) is 25.7 Å². The van der Waals surface area contributed by atoms with Gasteiger partial charge in [0.05, 0.1) is 7.11 Å².